The molecule has 1 fully saturated rings. The Kier molecular flexibility index (Phi) is 6.73. The van der Waals surface area contributed by atoms with Crippen molar-refractivity contribution < 1.29 is 19.2 Å². The summed E-state index contributed by atoms with van der Waals surface area (Å²) >= 11 is 0. The molecule has 1 unspecified atom stereocenters. The third-order valence-electron chi connectivity index (χ3n) is 5.38. The lowest BCUT2D eigenvalue weighted by molar-refractivity contribution is -0.137. The SMILES string of the molecule is NC(=O)c1ccnc(-c2noc(C(CCCC3CCCCC3)CC(=O)O)n2)c1. The summed E-state index contributed by atoms with van der Waals surface area (Å²) in [6.07, 6.45) is 10.6. The standard InChI is InChI=1S/C20H26N4O4/c21-18(27)14-9-10-22-16(11-14)19-23-20(28-24-19)15(12-17(25)26)8-4-7-13-5-2-1-3-6-13/h9-11,13,15H,1-8,12H2,(H2,21,27)(H,25,26). The van der Waals surface area contributed by atoms with Crippen LogP contribution in [0, 0.1) is 5.92 Å². The van der Waals surface area contributed by atoms with Crippen molar-refractivity contribution in [3.63, 3.8) is 0 Å². The molecule has 1 saturated carbocycles. The van der Waals surface area contributed by atoms with Gasteiger partial charge in [0.25, 0.3) is 0 Å². The van der Waals surface area contributed by atoms with E-state index in [0.29, 0.717) is 23.6 Å². The van der Waals surface area contributed by atoms with Gasteiger partial charge in [0, 0.05) is 17.7 Å². The zero-order chi connectivity index (χ0) is 19.9. The Bertz CT molecular complexity index is 814. The number of carboxylic acid groups (broad SMARTS) is 1. The maximum Gasteiger partial charge on any atom is 0.304 e. The Hall–Kier alpha value is -2.77. The molecule has 1 aliphatic rings. The summed E-state index contributed by atoms with van der Waals surface area (Å²) in [5.41, 5.74) is 5.95. The third kappa shape index (κ3) is 5.37. The number of nitrogens with zero attached hydrogens (tertiary/aromatic N) is 3. The summed E-state index contributed by atoms with van der Waals surface area (Å²) in [6.45, 7) is 0. The van der Waals surface area contributed by atoms with E-state index < -0.39 is 11.9 Å². The van der Waals surface area contributed by atoms with Crippen LogP contribution in [0.15, 0.2) is 22.9 Å². The topological polar surface area (TPSA) is 132 Å². The molecule has 3 N–H and O–H groups in total. The predicted molar refractivity (Wildman–Crippen MR) is 101 cm³/mol. The molecule has 0 aliphatic heterocycles. The van der Waals surface area contributed by atoms with Gasteiger partial charge in [-0.15, -0.1) is 0 Å². The van der Waals surface area contributed by atoms with Crippen molar-refractivity contribution in [2.75, 3.05) is 0 Å². The molecule has 3 rings (SSSR count). The van der Waals surface area contributed by atoms with Crippen molar-refractivity contribution in [3.05, 3.63) is 29.8 Å². The highest BCUT2D eigenvalue weighted by Crippen LogP contribution is 2.31. The molecule has 1 aliphatic carbocycles. The molecule has 150 valence electrons. The summed E-state index contributed by atoms with van der Waals surface area (Å²) in [7, 11) is 0. The number of amides is 1. The van der Waals surface area contributed by atoms with Gasteiger partial charge in [-0.2, -0.15) is 4.98 Å². The lowest BCUT2D eigenvalue weighted by atomic mass is 9.84. The van der Waals surface area contributed by atoms with Crippen molar-refractivity contribution in [3.8, 4) is 11.5 Å². The Morgan fingerprint density at radius 2 is 2.07 bits per heavy atom. The second kappa shape index (κ2) is 9.43. The van der Waals surface area contributed by atoms with Crippen molar-refractivity contribution in [1.29, 1.82) is 0 Å². The van der Waals surface area contributed by atoms with Crippen LogP contribution < -0.4 is 5.73 Å². The summed E-state index contributed by atoms with van der Waals surface area (Å²) in [5.74, 6) is -0.525. The van der Waals surface area contributed by atoms with E-state index in [1.807, 2.05) is 0 Å². The summed E-state index contributed by atoms with van der Waals surface area (Å²) in [6, 6.07) is 3.00. The second-order valence-electron chi connectivity index (χ2n) is 7.48. The van der Waals surface area contributed by atoms with Gasteiger partial charge in [-0.25, -0.2) is 0 Å². The van der Waals surface area contributed by atoms with Crippen LogP contribution in [0.5, 0.6) is 0 Å². The molecule has 1 atom stereocenters. The molecule has 8 heteroatoms. The van der Waals surface area contributed by atoms with Gasteiger partial charge >= 0.3 is 5.97 Å². The van der Waals surface area contributed by atoms with E-state index >= 15 is 0 Å². The number of carbonyl (C=O) groups is 2. The summed E-state index contributed by atoms with van der Waals surface area (Å²) in [5, 5.41) is 13.2. The minimum atomic E-state index is -0.892. The van der Waals surface area contributed by atoms with E-state index in [4.69, 9.17) is 10.3 Å². The average Bonchev–Trinajstić information content (AvgIpc) is 3.18. The lowest BCUT2D eigenvalue weighted by Crippen LogP contribution is -2.11. The molecule has 0 spiro atoms. The molecule has 2 aromatic rings. The zero-order valence-corrected chi connectivity index (χ0v) is 15.8. The monoisotopic (exact) mass is 386 g/mol. The number of nitrogens with two attached hydrogens (primary N) is 1. The fraction of sp³-hybridized carbons (Fsp3) is 0.550. The molecule has 0 saturated heterocycles. The van der Waals surface area contributed by atoms with Crippen LogP contribution in [0.3, 0.4) is 0 Å². The maximum atomic E-state index is 11.3. The van der Waals surface area contributed by atoms with Crippen LogP contribution in [0.4, 0.5) is 0 Å². The molecule has 2 heterocycles. The first-order valence-electron chi connectivity index (χ1n) is 9.84. The normalized spacial score (nSPS) is 16.0. The number of primary amides is 1. The highest BCUT2D eigenvalue weighted by Gasteiger charge is 2.24. The molecular formula is C20H26N4O4. The number of carboxylic acids is 1. The molecule has 0 radical (unpaired) electrons. The predicted octanol–water partition coefficient (Wildman–Crippen LogP) is 3.54. The van der Waals surface area contributed by atoms with Gasteiger partial charge in [0.1, 0.15) is 5.69 Å². The minimum Gasteiger partial charge on any atom is -0.481 e. The Balaban J connectivity index is 1.68. The van der Waals surface area contributed by atoms with Crippen LogP contribution in [0.1, 0.15) is 80.0 Å². The minimum absolute atomic E-state index is 0.0545. The van der Waals surface area contributed by atoms with Crippen LogP contribution >= 0.6 is 0 Å². The number of aromatic nitrogens is 3. The first-order valence-corrected chi connectivity index (χ1v) is 9.84. The van der Waals surface area contributed by atoms with Crippen LogP contribution in [0.25, 0.3) is 11.5 Å². The molecule has 0 aromatic carbocycles. The van der Waals surface area contributed by atoms with E-state index in [0.717, 1.165) is 18.8 Å². The quantitative estimate of drug-likeness (QED) is 0.673. The largest absolute Gasteiger partial charge is 0.481 e. The lowest BCUT2D eigenvalue weighted by Gasteiger charge is -2.21. The maximum absolute atomic E-state index is 11.3. The number of pyridine rings is 1. The molecule has 1 amide bonds. The molecule has 28 heavy (non-hydrogen) atoms. The number of hydrogen-bond acceptors (Lipinski definition) is 6. The van der Waals surface area contributed by atoms with E-state index in [1.54, 1.807) is 0 Å². The Labute approximate surface area is 163 Å². The van der Waals surface area contributed by atoms with Gasteiger partial charge < -0.3 is 15.4 Å². The molecular weight excluding hydrogens is 360 g/mol. The van der Waals surface area contributed by atoms with Gasteiger partial charge in [0.05, 0.1) is 6.42 Å². The first kappa shape index (κ1) is 20.0. The van der Waals surface area contributed by atoms with Crippen LogP contribution in [-0.4, -0.2) is 32.1 Å². The van der Waals surface area contributed by atoms with Crippen LogP contribution in [0.2, 0.25) is 0 Å². The first-order chi connectivity index (χ1) is 13.5. The van der Waals surface area contributed by atoms with Gasteiger partial charge in [-0.3, -0.25) is 14.6 Å². The molecule has 2 aromatic heterocycles. The highest BCUT2D eigenvalue weighted by molar-refractivity contribution is 5.93. The number of hydrogen-bond donors (Lipinski definition) is 2. The van der Waals surface area contributed by atoms with Gasteiger partial charge in [-0.1, -0.05) is 50.1 Å². The second-order valence-corrected chi connectivity index (χ2v) is 7.48. The van der Waals surface area contributed by atoms with E-state index in [-0.39, 0.29) is 18.2 Å². The van der Waals surface area contributed by atoms with E-state index in [9.17, 15) is 14.7 Å². The Morgan fingerprint density at radius 3 is 2.79 bits per heavy atom. The van der Waals surface area contributed by atoms with Gasteiger partial charge in [-0.05, 0) is 24.5 Å². The average molecular weight is 386 g/mol. The van der Waals surface area contributed by atoms with Gasteiger partial charge in [0.2, 0.25) is 17.6 Å². The number of rotatable bonds is 9. The zero-order valence-electron chi connectivity index (χ0n) is 15.8. The van der Waals surface area contributed by atoms with Crippen molar-refractivity contribution >= 4 is 11.9 Å². The van der Waals surface area contributed by atoms with Crippen molar-refractivity contribution in [2.45, 2.75) is 63.7 Å². The van der Waals surface area contributed by atoms with Gasteiger partial charge in [0.15, 0.2) is 0 Å². The fourth-order valence-corrected chi connectivity index (χ4v) is 3.86. The number of carbonyl (C=O) groups excluding carboxylic acids is 1. The summed E-state index contributed by atoms with van der Waals surface area (Å²) in [4.78, 5) is 31.1. The van der Waals surface area contributed by atoms with E-state index in [2.05, 4.69) is 15.1 Å². The van der Waals surface area contributed by atoms with E-state index in [1.165, 1.54) is 50.4 Å². The molecule has 8 nitrogen and oxygen atoms in total. The van der Waals surface area contributed by atoms with Crippen molar-refractivity contribution in [1.82, 2.24) is 15.1 Å². The Morgan fingerprint density at radius 1 is 1.29 bits per heavy atom. The van der Waals surface area contributed by atoms with Crippen LogP contribution in [-0.2, 0) is 4.79 Å². The third-order valence-corrected chi connectivity index (χ3v) is 5.38. The van der Waals surface area contributed by atoms with Crippen molar-refractivity contribution in [2.24, 2.45) is 11.7 Å². The fourth-order valence-electron chi connectivity index (χ4n) is 3.86. The number of aliphatic carboxylic acids is 1. The molecule has 0 bridgehead atoms. The highest BCUT2D eigenvalue weighted by atomic mass is 16.5. The summed E-state index contributed by atoms with van der Waals surface area (Å²) < 4.78 is 5.34. The smallest absolute Gasteiger partial charge is 0.304 e.